The summed E-state index contributed by atoms with van der Waals surface area (Å²) in [5.41, 5.74) is -0.178. The molecule has 95 valence electrons. The highest BCUT2D eigenvalue weighted by Gasteiger charge is 2.59. The van der Waals surface area contributed by atoms with Gasteiger partial charge in [-0.3, -0.25) is 0 Å². The molecule has 3 nitrogen and oxygen atoms in total. The molecule has 1 radical (unpaired) electrons. The predicted molar refractivity (Wildman–Crippen MR) is 68.7 cm³/mol. The molecule has 0 aliphatic carbocycles. The lowest BCUT2D eigenvalue weighted by atomic mass is 9.71. The molecule has 1 heterocycles. The zero-order chi connectivity index (χ0) is 13.8. The average molecular weight is 243 g/mol. The van der Waals surface area contributed by atoms with E-state index < -0.39 is 16.5 Å². The smallest absolute Gasteiger partial charge is 0.0907 e. The molecular weight excluding hydrogens is 224 g/mol. The van der Waals surface area contributed by atoms with Gasteiger partial charge in [0.2, 0.25) is 0 Å². The molecule has 1 aromatic carbocycles. The Labute approximate surface area is 109 Å². The number of benzene rings is 1. The SMILES string of the molecule is CC1(C)c2ccccc2C(C)(C(C)(C)C#N)N1[O]. The molecule has 0 bridgehead atoms. The Morgan fingerprint density at radius 3 is 2.17 bits per heavy atom. The van der Waals surface area contributed by atoms with Crippen molar-refractivity contribution in [1.82, 2.24) is 5.06 Å². The first kappa shape index (κ1) is 13.1. The minimum Gasteiger partial charge on any atom is -0.198 e. The highest BCUT2D eigenvalue weighted by Crippen LogP contribution is 2.55. The van der Waals surface area contributed by atoms with Crippen LogP contribution in [-0.2, 0) is 16.3 Å². The summed E-state index contributed by atoms with van der Waals surface area (Å²) < 4.78 is 0. The van der Waals surface area contributed by atoms with E-state index in [0.29, 0.717) is 0 Å². The summed E-state index contributed by atoms with van der Waals surface area (Å²) in [7, 11) is 0. The van der Waals surface area contributed by atoms with E-state index in [4.69, 9.17) is 0 Å². The molecule has 2 rings (SSSR count). The van der Waals surface area contributed by atoms with Crippen LogP contribution in [0.5, 0.6) is 0 Å². The second kappa shape index (κ2) is 3.57. The number of hydrogen-bond donors (Lipinski definition) is 0. The van der Waals surface area contributed by atoms with Crippen LogP contribution in [0.2, 0.25) is 0 Å². The summed E-state index contributed by atoms with van der Waals surface area (Å²) in [6.07, 6.45) is 0. The maximum Gasteiger partial charge on any atom is 0.0907 e. The van der Waals surface area contributed by atoms with Gasteiger partial charge in [-0.15, -0.1) is 10.3 Å². The molecule has 0 saturated carbocycles. The quantitative estimate of drug-likeness (QED) is 0.759. The second-order valence-electron chi connectivity index (χ2n) is 6.21. The van der Waals surface area contributed by atoms with Crippen molar-refractivity contribution in [3.05, 3.63) is 35.4 Å². The summed E-state index contributed by atoms with van der Waals surface area (Å²) in [5, 5.41) is 23.3. The van der Waals surface area contributed by atoms with Crippen molar-refractivity contribution >= 4 is 0 Å². The van der Waals surface area contributed by atoms with Gasteiger partial charge in [0, 0.05) is 0 Å². The van der Waals surface area contributed by atoms with Gasteiger partial charge in [0.05, 0.1) is 22.6 Å². The van der Waals surface area contributed by atoms with E-state index in [1.54, 1.807) is 0 Å². The van der Waals surface area contributed by atoms with Gasteiger partial charge in [0.15, 0.2) is 0 Å². The highest BCUT2D eigenvalue weighted by atomic mass is 16.5. The lowest BCUT2D eigenvalue weighted by Gasteiger charge is -2.42. The molecule has 0 spiro atoms. The molecule has 0 aromatic heterocycles. The topological polar surface area (TPSA) is 46.9 Å². The molecule has 18 heavy (non-hydrogen) atoms. The van der Waals surface area contributed by atoms with Gasteiger partial charge in [0.25, 0.3) is 0 Å². The first-order valence-electron chi connectivity index (χ1n) is 6.18. The Hall–Kier alpha value is -1.37. The Kier molecular flexibility index (Phi) is 2.59. The Morgan fingerprint density at radius 2 is 1.67 bits per heavy atom. The van der Waals surface area contributed by atoms with Gasteiger partial charge >= 0.3 is 0 Å². The van der Waals surface area contributed by atoms with Gasteiger partial charge in [-0.25, -0.2) is 0 Å². The third-order valence-electron chi connectivity index (χ3n) is 4.52. The molecule has 0 N–H and O–H groups in total. The molecule has 1 aromatic rings. The minimum atomic E-state index is -0.818. The third kappa shape index (κ3) is 1.31. The Balaban J connectivity index is 2.77. The summed E-state index contributed by atoms with van der Waals surface area (Å²) in [5.74, 6) is 0. The second-order valence-corrected chi connectivity index (χ2v) is 6.21. The number of hydrogen-bond acceptors (Lipinski definition) is 2. The van der Waals surface area contributed by atoms with Crippen molar-refractivity contribution in [2.75, 3.05) is 0 Å². The molecule has 0 saturated heterocycles. The zero-order valence-corrected chi connectivity index (χ0v) is 11.6. The predicted octanol–water partition coefficient (Wildman–Crippen LogP) is 3.35. The minimum absolute atomic E-state index is 0.598. The van der Waals surface area contributed by atoms with Crippen LogP contribution in [0.25, 0.3) is 0 Å². The molecule has 1 aliphatic rings. The van der Waals surface area contributed by atoms with Crippen molar-refractivity contribution in [2.45, 2.75) is 45.7 Å². The van der Waals surface area contributed by atoms with E-state index in [2.05, 4.69) is 6.07 Å². The molecule has 3 heteroatoms. The molecule has 1 unspecified atom stereocenters. The number of nitriles is 1. The van der Waals surface area contributed by atoms with E-state index in [1.165, 1.54) is 0 Å². The molecule has 1 atom stereocenters. The lowest BCUT2D eigenvalue weighted by molar-refractivity contribution is -0.289. The molecule has 1 aliphatic heterocycles. The van der Waals surface area contributed by atoms with Gasteiger partial charge in [0.1, 0.15) is 0 Å². The zero-order valence-electron chi connectivity index (χ0n) is 11.6. The van der Waals surface area contributed by atoms with Crippen LogP contribution in [0, 0.1) is 16.7 Å². The molecule has 0 amide bonds. The fraction of sp³-hybridized carbons (Fsp3) is 0.533. The third-order valence-corrected chi connectivity index (χ3v) is 4.52. The van der Waals surface area contributed by atoms with Crippen molar-refractivity contribution < 1.29 is 5.21 Å². The monoisotopic (exact) mass is 243 g/mol. The Bertz CT molecular complexity index is 528. The van der Waals surface area contributed by atoms with Gasteiger partial charge < -0.3 is 0 Å². The van der Waals surface area contributed by atoms with Crippen LogP contribution in [-0.4, -0.2) is 5.06 Å². The van der Waals surface area contributed by atoms with Crippen LogP contribution < -0.4 is 0 Å². The van der Waals surface area contributed by atoms with Crippen molar-refractivity contribution in [2.24, 2.45) is 5.41 Å². The van der Waals surface area contributed by atoms with Crippen molar-refractivity contribution in [3.63, 3.8) is 0 Å². The summed E-state index contributed by atoms with van der Waals surface area (Å²) in [4.78, 5) is 0. The van der Waals surface area contributed by atoms with E-state index in [-0.39, 0.29) is 0 Å². The van der Waals surface area contributed by atoms with Gasteiger partial charge in [-0.05, 0) is 45.7 Å². The largest absolute Gasteiger partial charge is 0.198 e. The normalized spacial score (nSPS) is 26.7. The number of rotatable bonds is 1. The van der Waals surface area contributed by atoms with Crippen molar-refractivity contribution in [3.8, 4) is 6.07 Å². The van der Waals surface area contributed by atoms with Crippen LogP contribution in [0.15, 0.2) is 24.3 Å². The van der Waals surface area contributed by atoms with Gasteiger partial charge in [-0.1, -0.05) is 24.3 Å². The standard InChI is InChI=1S/C15H19N2O/c1-13(2,10-16)15(5)12-9-7-6-8-11(12)14(3,4)17(15)18/h6-9H,1-5H3. The molecular formula is C15H19N2O. The van der Waals surface area contributed by atoms with Crippen molar-refractivity contribution in [1.29, 1.82) is 5.26 Å². The van der Waals surface area contributed by atoms with Crippen LogP contribution in [0.3, 0.4) is 0 Å². The van der Waals surface area contributed by atoms with Crippen LogP contribution >= 0.6 is 0 Å². The fourth-order valence-electron chi connectivity index (χ4n) is 2.92. The lowest BCUT2D eigenvalue weighted by Crippen LogP contribution is -2.51. The molecule has 0 fully saturated rings. The first-order chi connectivity index (χ1) is 8.19. The number of nitrogens with zero attached hydrogens (tertiary/aromatic N) is 2. The Morgan fingerprint density at radius 1 is 1.17 bits per heavy atom. The maximum absolute atomic E-state index is 12.8. The van der Waals surface area contributed by atoms with Crippen LogP contribution in [0.4, 0.5) is 0 Å². The van der Waals surface area contributed by atoms with E-state index in [1.807, 2.05) is 58.9 Å². The van der Waals surface area contributed by atoms with Crippen LogP contribution in [0.1, 0.15) is 45.7 Å². The fourth-order valence-corrected chi connectivity index (χ4v) is 2.92. The number of hydroxylamine groups is 2. The maximum atomic E-state index is 12.8. The van der Waals surface area contributed by atoms with E-state index in [9.17, 15) is 10.5 Å². The summed E-state index contributed by atoms with van der Waals surface area (Å²) in [6.45, 7) is 9.36. The number of fused-ring (bicyclic) bond motifs is 1. The van der Waals surface area contributed by atoms with E-state index >= 15 is 0 Å². The summed E-state index contributed by atoms with van der Waals surface area (Å²) >= 11 is 0. The summed E-state index contributed by atoms with van der Waals surface area (Å²) in [6, 6.07) is 10.1. The van der Waals surface area contributed by atoms with Gasteiger partial charge in [-0.2, -0.15) is 5.26 Å². The van der Waals surface area contributed by atoms with E-state index in [0.717, 1.165) is 16.2 Å². The first-order valence-corrected chi connectivity index (χ1v) is 6.18. The average Bonchev–Trinajstić information content (AvgIpc) is 2.51. The highest BCUT2D eigenvalue weighted by molar-refractivity contribution is 5.45.